The Hall–Kier alpha value is -1.49. The Bertz CT molecular complexity index is 539. The number of fused-ring (bicyclic) bond motifs is 1. The number of hydrogen-bond acceptors (Lipinski definition) is 3. The third kappa shape index (κ3) is 2.23. The number of rotatable bonds is 4. The van der Waals surface area contributed by atoms with Crippen molar-refractivity contribution < 1.29 is 14.7 Å². The Kier molecular flexibility index (Phi) is 3.01. The first-order valence-electron chi connectivity index (χ1n) is 6.35. The van der Waals surface area contributed by atoms with Crippen LogP contribution in [0.1, 0.15) is 24.3 Å². The standard InChI is InChI=1S/C14H15NO3S/c16-12(15-8-14(5-6-14)13(17)18)10-7-19-11-4-2-1-3-9(10)11/h1-4,10H,5-8H2,(H,15,16)(H,17,18). The number of carbonyl (C=O) groups is 2. The molecule has 19 heavy (non-hydrogen) atoms. The van der Waals surface area contributed by atoms with Gasteiger partial charge < -0.3 is 10.4 Å². The van der Waals surface area contributed by atoms with Crippen LogP contribution in [-0.2, 0) is 9.59 Å². The number of hydrogen-bond donors (Lipinski definition) is 2. The van der Waals surface area contributed by atoms with Crippen LogP contribution in [-0.4, -0.2) is 29.3 Å². The van der Waals surface area contributed by atoms with Crippen molar-refractivity contribution in [1.82, 2.24) is 5.32 Å². The molecule has 2 aliphatic rings. The van der Waals surface area contributed by atoms with Gasteiger partial charge in [-0.2, -0.15) is 0 Å². The SMILES string of the molecule is O=C(NCC1(C(=O)O)CC1)C1CSc2ccccc21. The van der Waals surface area contributed by atoms with Crippen molar-refractivity contribution in [1.29, 1.82) is 0 Å². The maximum atomic E-state index is 12.2. The molecule has 1 atom stereocenters. The summed E-state index contributed by atoms with van der Waals surface area (Å²) in [5.74, 6) is -0.254. The average Bonchev–Trinajstić information content (AvgIpc) is 3.09. The van der Waals surface area contributed by atoms with Gasteiger partial charge in [-0.3, -0.25) is 9.59 Å². The highest BCUT2D eigenvalue weighted by Gasteiger charge is 2.50. The molecule has 1 saturated carbocycles. The molecule has 1 aliphatic carbocycles. The normalized spacial score (nSPS) is 22.6. The predicted molar refractivity (Wildman–Crippen MR) is 72.2 cm³/mol. The van der Waals surface area contributed by atoms with Gasteiger partial charge in [-0.05, 0) is 24.5 Å². The van der Waals surface area contributed by atoms with Gasteiger partial charge in [0.2, 0.25) is 5.91 Å². The number of carbonyl (C=O) groups excluding carboxylic acids is 1. The van der Waals surface area contributed by atoms with Gasteiger partial charge in [0, 0.05) is 17.2 Å². The summed E-state index contributed by atoms with van der Waals surface area (Å²) in [4.78, 5) is 24.4. The first-order chi connectivity index (χ1) is 9.12. The minimum Gasteiger partial charge on any atom is -0.481 e. The molecule has 1 heterocycles. The summed E-state index contributed by atoms with van der Waals surface area (Å²) in [6.07, 6.45) is 1.33. The minimum absolute atomic E-state index is 0.0509. The summed E-state index contributed by atoms with van der Waals surface area (Å²) in [6.45, 7) is 0.254. The molecule has 3 rings (SSSR count). The molecule has 4 nitrogen and oxygen atoms in total. The van der Waals surface area contributed by atoms with Crippen LogP contribution in [0, 0.1) is 5.41 Å². The van der Waals surface area contributed by atoms with E-state index in [1.54, 1.807) is 11.8 Å². The smallest absolute Gasteiger partial charge is 0.311 e. The van der Waals surface area contributed by atoms with Crippen molar-refractivity contribution in [2.75, 3.05) is 12.3 Å². The van der Waals surface area contributed by atoms with E-state index >= 15 is 0 Å². The fourth-order valence-corrected chi connectivity index (χ4v) is 3.61. The summed E-state index contributed by atoms with van der Waals surface area (Å²) >= 11 is 1.68. The number of nitrogens with one attached hydrogen (secondary N) is 1. The lowest BCUT2D eigenvalue weighted by atomic mass is 10.00. The number of aliphatic carboxylic acids is 1. The lowest BCUT2D eigenvalue weighted by Gasteiger charge is -2.14. The predicted octanol–water partition coefficient (Wildman–Crippen LogP) is 1.86. The maximum Gasteiger partial charge on any atom is 0.311 e. The van der Waals surface area contributed by atoms with E-state index in [9.17, 15) is 9.59 Å². The molecule has 1 aromatic rings. The van der Waals surface area contributed by atoms with Crippen molar-refractivity contribution in [3.63, 3.8) is 0 Å². The summed E-state index contributed by atoms with van der Waals surface area (Å²) < 4.78 is 0. The average molecular weight is 277 g/mol. The molecular formula is C14H15NO3S. The summed E-state index contributed by atoms with van der Waals surface area (Å²) in [5, 5.41) is 11.9. The summed E-state index contributed by atoms with van der Waals surface area (Å²) in [7, 11) is 0. The van der Waals surface area contributed by atoms with E-state index in [1.807, 2.05) is 24.3 Å². The molecule has 5 heteroatoms. The highest BCUT2D eigenvalue weighted by Crippen LogP contribution is 2.45. The summed E-state index contributed by atoms with van der Waals surface area (Å²) in [6, 6.07) is 7.90. The van der Waals surface area contributed by atoms with E-state index in [4.69, 9.17) is 5.11 Å². The quantitative estimate of drug-likeness (QED) is 0.881. The number of carboxylic acid groups (broad SMARTS) is 1. The van der Waals surface area contributed by atoms with Crippen molar-refractivity contribution in [3.8, 4) is 0 Å². The second-order valence-electron chi connectivity index (χ2n) is 5.20. The van der Waals surface area contributed by atoms with E-state index in [2.05, 4.69) is 5.32 Å². The van der Waals surface area contributed by atoms with Crippen LogP contribution >= 0.6 is 11.8 Å². The molecule has 0 aromatic heterocycles. The largest absolute Gasteiger partial charge is 0.481 e. The Morgan fingerprint density at radius 2 is 2.11 bits per heavy atom. The zero-order chi connectivity index (χ0) is 13.5. The Morgan fingerprint density at radius 1 is 1.37 bits per heavy atom. The lowest BCUT2D eigenvalue weighted by Crippen LogP contribution is -2.37. The molecule has 100 valence electrons. The van der Waals surface area contributed by atoms with Gasteiger partial charge >= 0.3 is 5.97 Å². The van der Waals surface area contributed by atoms with Crippen molar-refractivity contribution in [3.05, 3.63) is 29.8 Å². The molecule has 0 saturated heterocycles. The summed E-state index contributed by atoms with van der Waals surface area (Å²) in [5.41, 5.74) is 0.367. The minimum atomic E-state index is -0.797. The topological polar surface area (TPSA) is 66.4 Å². The molecule has 2 N–H and O–H groups in total. The fraction of sp³-hybridized carbons (Fsp3) is 0.429. The van der Waals surface area contributed by atoms with Crippen LogP contribution in [0.3, 0.4) is 0 Å². The first-order valence-corrected chi connectivity index (χ1v) is 7.34. The number of carboxylic acids is 1. The van der Waals surface area contributed by atoms with Gasteiger partial charge in [0.15, 0.2) is 0 Å². The zero-order valence-electron chi connectivity index (χ0n) is 10.4. The number of benzene rings is 1. The molecule has 1 amide bonds. The van der Waals surface area contributed by atoms with E-state index in [1.165, 1.54) is 0 Å². The van der Waals surface area contributed by atoms with Crippen molar-refractivity contribution in [2.45, 2.75) is 23.7 Å². The van der Waals surface area contributed by atoms with Crippen LogP contribution in [0.4, 0.5) is 0 Å². The van der Waals surface area contributed by atoms with Crippen molar-refractivity contribution >= 4 is 23.6 Å². The van der Waals surface area contributed by atoms with Gasteiger partial charge in [-0.1, -0.05) is 18.2 Å². The highest BCUT2D eigenvalue weighted by molar-refractivity contribution is 7.99. The third-order valence-electron chi connectivity index (χ3n) is 3.92. The number of thioether (sulfide) groups is 1. The van der Waals surface area contributed by atoms with Gasteiger partial charge in [0.25, 0.3) is 0 Å². The fourth-order valence-electron chi connectivity index (χ4n) is 2.38. The van der Waals surface area contributed by atoms with E-state index < -0.39 is 11.4 Å². The van der Waals surface area contributed by atoms with Crippen LogP contribution < -0.4 is 5.32 Å². The first kappa shape index (κ1) is 12.5. The van der Waals surface area contributed by atoms with Gasteiger partial charge in [-0.15, -0.1) is 11.8 Å². The molecule has 1 fully saturated rings. The molecule has 0 spiro atoms. The molecule has 1 aliphatic heterocycles. The maximum absolute atomic E-state index is 12.2. The second-order valence-corrected chi connectivity index (χ2v) is 6.27. The van der Waals surface area contributed by atoms with E-state index in [0.29, 0.717) is 12.8 Å². The van der Waals surface area contributed by atoms with Crippen LogP contribution in [0.2, 0.25) is 0 Å². The van der Waals surface area contributed by atoms with Crippen molar-refractivity contribution in [2.24, 2.45) is 5.41 Å². The van der Waals surface area contributed by atoms with E-state index in [0.717, 1.165) is 16.2 Å². The molecule has 0 bridgehead atoms. The van der Waals surface area contributed by atoms with Crippen LogP contribution in [0.5, 0.6) is 0 Å². The van der Waals surface area contributed by atoms with Crippen LogP contribution in [0.25, 0.3) is 0 Å². The Balaban J connectivity index is 1.65. The Morgan fingerprint density at radius 3 is 2.79 bits per heavy atom. The van der Waals surface area contributed by atoms with Gasteiger partial charge in [0.05, 0.1) is 11.3 Å². The van der Waals surface area contributed by atoms with Crippen LogP contribution in [0.15, 0.2) is 29.2 Å². The second kappa shape index (κ2) is 4.56. The molecule has 1 unspecified atom stereocenters. The molecule has 1 aromatic carbocycles. The monoisotopic (exact) mass is 277 g/mol. The lowest BCUT2D eigenvalue weighted by molar-refractivity contribution is -0.143. The van der Waals surface area contributed by atoms with Gasteiger partial charge in [-0.25, -0.2) is 0 Å². The molecular weight excluding hydrogens is 262 g/mol. The number of amides is 1. The van der Waals surface area contributed by atoms with Gasteiger partial charge in [0.1, 0.15) is 0 Å². The highest BCUT2D eigenvalue weighted by atomic mass is 32.2. The Labute approximate surface area is 115 Å². The third-order valence-corrected chi connectivity index (χ3v) is 5.11. The van der Waals surface area contributed by atoms with E-state index in [-0.39, 0.29) is 18.4 Å². The zero-order valence-corrected chi connectivity index (χ0v) is 11.2. The molecule has 0 radical (unpaired) electrons.